The van der Waals surface area contributed by atoms with Gasteiger partial charge in [0.2, 0.25) is 11.8 Å². The fourth-order valence-electron chi connectivity index (χ4n) is 2.26. The summed E-state index contributed by atoms with van der Waals surface area (Å²) in [7, 11) is 0. The molecule has 0 aromatic heterocycles. The standard InChI is InChI=1S/C14H14ClNO4/c1-14(2)6-11(17)16(12(18)7-14)10-5-8(13(19)20)3-4-9(10)15/h3-5H,6-7H2,1-2H3,(H,19,20). The normalized spacial score (nSPS) is 18.2. The molecule has 1 aliphatic heterocycles. The number of carbonyl (C=O) groups excluding carboxylic acids is 2. The Hall–Kier alpha value is -1.88. The van der Waals surface area contributed by atoms with E-state index in [1.165, 1.54) is 18.2 Å². The van der Waals surface area contributed by atoms with Crippen LogP contribution in [-0.4, -0.2) is 22.9 Å². The Bertz CT molecular complexity index is 589. The Morgan fingerprint density at radius 1 is 1.25 bits per heavy atom. The summed E-state index contributed by atoms with van der Waals surface area (Å²) in [6, 6.07) is 3.95. The van der Waals surface area contributed by atoms with Crippen LogP contribution in [0.25, 0.3) is 0 Å². The van der Waals surface area contributed by atoms with Crippen molar-refractivity contribution in [1.82, 2.24) is 0 Å². The van der Waals surface area contributed by atoms with Gasteiger partial charge in [-0.3, -0.25) is 9.59 Å². The minimum atomic E-state index is -1.14. The molecular weight excluding hydrogens is 282 g/mol. The van der Waals surface area contributed by atoms with Crippen molar-refractivity contribution in [2.75, 3.05) is 4.90 Å². The largest absolute Gasteiger partial charge is 0.478 e. The maximum absolute atomic E-state index is 12.2. The van der Waals surface area contributed by atoms with Gasteiger partial charge < -0.3 is 5.11 Å². The molecule has 0 saturated carbocycles. The zero-order valence-corrected chi connectivity index (χ0v) is 11.9. The maximum Gasteiger partial charge on any atom is 0.335 e. The van der Waals surface area contributed by atoms with Crippen LogP contribution < -0.4 is 4.90 Å². The third-order valence-corrected chi connectivity index (χ3v) is 3.51. The number of amides is 2. The molecule has 0 radical (unpaired) electrons. The van der Waals surface area contributed by atoms with E-state index in [-0.39, 0.29) is 46.3 Å². The first kappa shape index (κ1) is 14.5. The van der Waals surface area contributed by atoms with Gasteiger partial charge in [0.15, 0.2) is 0 Å². The second kappa shape index (κ2) is 4.90. The highest BCUT2D eigenvalue weighted by atomic mass is 35.5. The molecule has 20 heavy (non-hydrogen) atoms. The van der Waals surface area contributed by atoms with Crippen LogP contribution in [0.2, 0.25) is 5.02 Å². The van der Waals surface area contributed by atoms with E-state index in [0.717, 1.165) is 4.90 Å². The molecule has 2 rings (SSSR count). The van der Waals surface area contributed by atoms with Crippen molar-refractivity contribution in [3.8, 4) is 0 Å². The minimum absolute atomic E-state index is 0.0187. The molecule has 1 saturated heterocycles. The van der Waals surface area contributed by atoms with Crippen LogP contribution >= 0.6 is 11.6 Å². The second-order valence-corrected chi connectivity index (χ2v) is 6.02. The summed E-state index contributed by atoms with van der Waals surface area (Å²) < 4.78 is 0. The number of imide groups is 1. The summed E-state index contributed by atoms with van der Waals surface area (Å²) in [5.74, 6) is -1.87. The van der Waals surface area contributed by atoms with Gasteiger partial charge in [-0.2, -0.15) is 0 Å². The number of aromatic carboxylic acids is 1. The van der Waals surface area contributed by atoms with Crippen LogP contribution in [-0.2, 0) is 9.59 Å². The first-order chi connectivity index (χ1) is 9.21. The van der Waals surface area contributed by atoms with Crippen molar-refractivity contribution in [3.63, 3.8) is 0 Å². The Labute approximate surface area is 121 Å². The van der Waals surface area contributed by atoms with Gasteiger partial charge in [-0.15, -0.1) is 0 Å². The van der Waals surface area contributed by atoms with Gasteiger partial charge in [0.25, 0.3) is 0 Å². The van der Waals surface area contributed by atoms with E-state index in [1.54, 1.807) is 0 Å². The number of hydrogen-bond donors (Lipinski definition) is 1. The average molecular weight is 296 g/mol. The SMILES string of the molecule is CC1(C)CC(=O)N(c2cc(C(=O)O)ccc2Cl)C(=O)C1. The van der Waals surface area contributed by atoms with Crippen molar-refractivity contribution >= 4 is 35.1 Å². The number of piperidine rings is 1. The van der Waals surface area contributed by atoms with E-state index in [4.69, 9.17) is 16.7 Å². The lowest BCUT2D eigenvalue weighted by Crippen LogP contribution is -2.46. The smallest absolute Gasteiger partial charge is 0.335 e. The highest BCUT2D eigenvalue weighted by Gasteiger charge is 2.39. The summed E-state index contributed by atoms with van der Waals surface area (Å²) in [4.78, 5) is 36.3. The predicted octanol–water partition coefficient (Wildman–Crippen LogP) is 2.72. The topological polar surface area (TPSA) is 74.7 Å². The highest BCUT2D eigenvalue weighted by Crippen LogP contribution is 2.36. The van der Waals surface area contributed by atoms with Gasteiger partial charge in [0.05, 0.1) is 16.3 Å². The zero-order chi connectivity index (χ0) is 15.1. The molecule has 106 valence electrons. The molecule has 6 heteroatoms. The highest BCUT2D eigenvalue weighted by molar-refractivity contribution is 6.35. The Morgan fingerprint density at radius 3 is 2.30 bits per heavy atom. The predicted molar refractivity (Wildman–Crippen MR) is 73.9 cm³/mol. The van der Waals surface area contributed by atoms with Crippen molar-refractivity contribution in [2.24, 2.45) is 5.41 Å². The lowest BCUT2D eigenvalue weighted by molar-refractivity contribution is -0.132. The van der Waals surface area contributed by atoms with Gasteiger partial charge in [-0.05, 0) is 23.6 Å². The monoisotopic (exact) mass is 295 g/mol. The van der Waals surface area contributed by atoms with E-state index in [2.05, 4.69) is 0 Å². The molecular formula is C14H14ClNO4. The van der Waals surface area contributed by atoms with Gasteiger partial charge in [-0.1, -0.05) is 25.4 Å². The van der Waals surface area contributed by atoms with E-state index in [9.17, 15) is 14.4 Å². The number of carbonyl (C=O) groups is 3. The molecule has 0 aliphatic carbocycles. The number of hydrogen-bond acceptors (Lipinski definition) is 3. The first-order valence-corrected chi connectivity index (χ1v) is 6.48. The Balaban J connectivity index is 2.46. The van der Waals surface area contributed by atoms with E-state index < -0.39 is 5.97 Å². The van der Waals surface area contributed by atoms with E-state index in [1.807, 2.05) is 13.8 Å². The fourth-order valence-corrected chi connectivity index (χ4v) is 2.47. The van der Waals surface area contributed by atoms with Gasteiger partial charge in [0, 0.05) is 12.8 Å². The molecule has 0 bridgehead atoms. The third kappa shape index (κ3) is 2.67. The lowest BCUT2D eigenvalue weighted by atomic mass is 9.81. The lowest BCUT2D eigenvalue weighted by Gasteiger charge is -2.35. The molecule has 0 spiro atoms. The summed E-state index contributed by atoms with van der Waals surface area (Å²) in [6.45, 7) is 3.69. The fraction of sp³-hybridized carbons (Fsp3) is 0.357. The summed E-state index contributed by atoms with van der Waals surface area (Å²) in [5.41, 5.74) is -0.270. The van der Waals surface area contributed by atoms with Gasteiger partial charge in [0.1, 0.15) is 0 Å². The van der Waals surface area contributed by atoms with Gasteiger partial charge >= 0.3 is 5.97 Å². The number of halogens is 1. The number of carboxylic acids is 1. The van der Waals surface area contributed by atoms with Crippen LogP contribution in [0, 0.1) is 5.41 Å². The molecule has 1 fully saturated rings. The quantitative estimate of drug-likeness (QED) is 0.851. The molecule has 5 nitrogen and oxygen atoms in total. The molecule has 0 unspecified atom stereocenters. The van der Waals surface area contributed by atoms with Crippen LogP contribution in [0.4, 0.5) is 5.69 Å². The minimum Gasteiger partial charge on any atom is -0.478 e. The molecule has 1 aromatic carbocycles. The van der Waals surface area contributed by atoms with Crippen LogP contribution in [0.15, 0.2) is 18.2 Å². The van der Waals surface area contributed by atoms with Crippen molar-refractivity contribution in [1.29, 1.82) is 0 Å². The Kier molecular flexibility index (Phi) is 3.56. The number of benzene rings is 1. The van der Waals surface area contributed by atoms with E-state index >= 15 is 0 Å². The zero-order valence-electron chi connectivity index (χ0n) is 11.1. The molecule has 1 aromatic rings. The van der Waals surface area contributed by atoms with Crippen molar-refractivity contribution < 1.29 is 19.5 Å². The number of nitrogens with zero attached hydrogens (tertiary/aromatic N) is 1. The van der Waals surface area contributed by atoms with Crippen LogP contribution in [0.1, 0.15) is 37.0 Å². The summed E-state index contributed by atoms with van der Waals surface area (Å²) >= 11 is 6.00. The van der Waals surface area contributed by atoms with E-state index in [0.29, 0.717) is 0 Å². The number of anilines is 1. The first-order valence-electron chi connectivity index (χ1n) is 6.10. The summed E-state index contributed by atoms with van der Waals surface area (Å²) in [5, 5.41) is 9.16. The van der Waals surface area contributed by atoms with Crippen LogP contribution in [0.3, 0.4) is 0 Å². The molecule has 1 aliphatic rings. The maximum atomic E-state index is 12.2. The molecule has 1 heterocycles. The second-order valence-electron chi connectivity index (χ2n) is 5.61. The number of carboxylic acid groups (broad SMARTS) is 1. The van der Waals surface area contributed by atoms with Crippen molar-refractivity contribution in [3.05, 3.63) is 28.8 Å². The Morgan fingerprint density at radius 2 is 1.80 bits per heavy atom. The van der Waals surface area contributed by atoms with Crippen molar-refractivity contribution in [2.45, 2.75) is 26.7 Å². The molecule has 2 amide bonds. The van der Waals surface area contributed by atoms with Crippen LogP contribution in [0.5, 0.6) is 0 Å². The average Bonchev–Trinajstić information content (AvgIpc) is 2.28. The molecule has 0 atom stereocenters. The van der Waals surface area contributed by atoms with Gasteiger partial charge in [-0.25, -0.2) is 9.69 Å². The number of rotatable bonds is 2. The third-order valence-electron chi connectivity index (χ3n) is 3.19. The molecule has 1 N–H and O–H groups in total. The summed E-state index contributed by atoms with van der Waals surface area (Å²) in [6.07, 6.45) is 0.429.